The fourth-order valence-corrected chi connectivity index (χ4v) is 2.67. The maximum absolute atomic E-state index is 12.0. The van der Waals surface area contributed by atoms with Gasteiger partial charge in [0.1, 0.15) is 5.60 Å². The number of allylic oxidation sites excluding steroid dienone is 2. The Labute approximate surface area is 146 Å². The third-order valence-corrected chi connectivity index (χ3v) is 4.10. The van der Waals surface area contributed by atoms with Crippen molar-refractivity contribution in [2.45, 2.75) is 52.6 Å². The Hall–Kier alpha value is -2.03. The predicted molar refractivity (Wildman–Crippen MR) is 99.1 cm³/mol. The fraction of sp³-hybridized carbons (Fsp3) is 0.476. The molecule has 0 fully saturated rings. The lowest BCUT2D eigenvalue weighted by Crippen LogP contribution is -2.39. The second-order valence-electron chi connectivity index (χ2n) is 7.34. The van der Waals surface area contributed by atoms with Crippen molar-refractivity contribution < 1.29 is 9.53 Å². The minimum Gasteiger partial charge on any atom is -0.444 e. The molecule has 3 nitrogen and oxygen atoms in total. The van der Waals surface area contributed by atoms with E-state index in [9.17, 15) is 4.79 Å². The van der Waals surface area contributed by atoms with Crippen molar-refractivity contribution in [2.24, 2.45) is 0 Å². The van der Waals surface area contributed by atoms with Crippen LogP contribution in [0, 0.1) is 6.92 Å². The largest absolute Gasteiger partial charge is 0.444 e. The van der Waals surface area contributed by atoms with E-state index in [-0.39, 0.29) is 6.09 Å². The van der Waals surface area contributed by atoms with Crippen molar-refractivity contribution in [1.29, 1.82) is 0 Å². The van der Waals surface area contributed by atoms with Crippen molar-refractivity contribution in [3.63, 3.8) is 0 Å². The van der Waals surface area contributed by atoms with Crippen molar-refractivity contribution in [1.82, 2.24) is 4.90 Å². The first-order valence-corrected chi connectivity index (χ1v) is 8.70. The van der Waals surface area contributed by atoms with Crippen LogP contribution in [-0.2, 0) is 11.2 Å². The Kier molecular flexibility index (Phi) is 6.24. The molecule has 0 saturated heterocycles. The lowest BCUT2D eigenvalue weighted by atomic mass is 10.0. The fourth-order valence-electron chi connectivity index (χ4n) is 2.67. The SMILES string of the molecule is Cc1ccccc1C/C=C/CC1=CCN(C(=O)OC(C)(C)C)CC1. The van der Waals surface area contributed by atoms with Gasteiger partial charge in [0.2, 0.25) is 0 Å². The second kappa shape index (κ2) is 8.18. The molecule has 1 heterocycles. The zero-order chi connectivity index (χ0) is 17.6. The zero-order valence-electron chi connectivity index (χ0n) is 15.3. The molecule has 0 radical (unpaired) electrons. The molecular weight excluding hydrogens is 298 g/mol. The number of hydrogen-bond donors (Lipinski definition) is 0. The van der Waals surface area contributed by atoms with Crippen LogP contribution in [0.1, 0.15) is 44.7 Å². The van der Waals surface area contributed by atoms with Crippen LogP contribution in [0.3, 0.4) is 0 Å². The van der Waals surface area contributed by atoms with Crippen molar-refractivity contribution >= 4 is 6.09 Å². The zero-order valence-corrected chi connectivity index (χ0v) is 15.3. The maximum Gasteiger partial charge on any atom is 0.410 e. The summed E-state index contributed by atoms with van der Waals surface area (Å²) < 4.78 is 5.41. The third kappa shape index (κ3) is 5.88. The first-order valence-electron chi connectivity index (χ1n) is 8.70. The van der Waals surface area contributed by atoms with Crippen molar-refractivity contribution in [3.8, 4) is 0 Å². The monoisotopic (exact) mass is 327 g/mol. The highest BCUT2D eigenvalue weighted by molar-refractivity contribution is 5.68. The van der Waals surface area contributed by atoms with Crippen LogP contribution in [-0.4, -0.2) is 29.7 Å². The highest BCUT2D eigenvalue weighted by atomic mass is 16.6. The lowest BCUT2D eigenvalue weighted by molar-refractivity contribution is 0.0265. The number of amides is 1. The molecule has 24 heavy (non-hydrogen) atoms. The van der Waals surface area contributed by atoms with E-state index in [1.54, 1.807) is 4.90 Å². The molecule has 0 spiro atoms. The number of rotatable bonds is 4. The summed E-state index contributed by atoms with van der Waals surface area (Å²) in [6, 6.07) is 8.49. The second-order valence-corrected chi connectivity index (χ2v) is 7.34. The predicted octanol–water partition coefficient (Wildman–Crippen LogP) is 5.05. The first-order chi connectivity index (χ1) is 11.3. The molecule has 0 unspecified atom stereocenters. The summed E-state index contributed by atoms with van der Waals surface area (Å²) in [4.78, 5) is 13.8. The van der Waals surface area contributed by atoms with Crippen LogP contribution in [0.25, 0.3) is 0 Å². The van der Waals surface area contributed by atoms with E-state index in [1.807, 2.05) is 20.8 Å². The topological polar surface area (TPSA) is 29.5 Å². The number of carbonyl (C=O) groups excluding carboxylic acids is 1. The van der Waals surface area contributed by atoms with Gasteiger partial charge in [0, 0.05) is 13.1 Å². The molecule has 1 aromatic rings. The molecule has 0 aliphatic carbocycles. The summed E-state index contributed by atoms with van der Waals surface area (Å²) in [6.07, 6.45) is 9.29. The molecule has 1 aromatic carbocycles. The highest BCUT2D eigenvalue weighted by Crippen LogP contribution is 2.18. The third-order valence-electron chi connectivity index (χ3n) is 4.10. The van der Waals surface area contributed by atoms with Gasteiger partial charge in [-0.2, -0.15) is 0 Å². The van der Waals surface area contributed by atoms with E-state index >= 15 is 0 Å². The minimum absolute atomic E-state index is 0.215. The molecule has 0 saturated carbocycles. The van der Waals surface area contributed by atoms with Gasteiger partial charge in [-0.3, -0.25) is 0 Å². The number of benzene rings is 1. The van der Waals surface area contributed by atoms with Crippen molar-refractivity contribution in [2.75, 3.05) is 13.1 Å². The van der Waals surface area contributed by atoms with Gasteiger partial charge < -0.3 is 9.64 Å². The molecule has 0 bridgehead atoms. The van der Waals surface area contributed by atoms with E-state index in [1.165, 1.54) is 16.7 Å². The number of carbonyl (C=O) groups is 1. The van der Waals surface area contributed by atoms with Crippen molar-refractivity contribution in [3.05, 3.63) is 59.2 Å². The van der Waals surface area contributed by atoms with Crippen LogP contribution in [0.5, 0.6) is 0 Å². The van der Waals surface area contributed by atoms with E-state index in [4.69, 9.17) is 4.74 Å². The maximum atomic E-state index is 12.0. The molecule has 0 aromatic heterocycles. The molecule has 0 N–H and O–H groups in total. The Bertz CT molecular complexity index is 623. The molecule has 1 amide bonds. The molecule has 2 rings (SSSR count). The molecule has 1 aliphatic heterocycles. The van der Waals surface area contributed by atoms with Gasteiger partial charge in [0.05, 0.1) is 0 Å². The van der Waals surface area contributed by atoms with Gasteiger partial charge in [0.15, 0.2) is 0 Å². The number of aryl methyl sites for hydroxylation is 1. The van der Waals surface area contributed by atoms with Gasteiger partial charge in [-0.15, -0.1) is 0 Å². The molecule has 130 valence electrons. The van der Waals surface area contributed by atoms with E-state index < -0.39 is 5.60 Å². The van der Waals surface area contributed by atoms with Crippen LogP contribution >= 0.6 is 0 Å². The summed E-state index contributed by atoms with van der Waals surface area (Å²) in [5.74, 6) is 0. The van der Waals surface area contributed by atoms with E-state index in [0.29, 0.717) is 6.54 Å². The van der Waals surface area contributed by atoms with Gasteiger partial charge >= 0.3 is 6.09 Å². The van der Waals surface area contributed by atoms with E-state index in [0.717, 1.165) is 25.8 Å². The number of ether oxygens (including phenoxy) is 1. The summed E-state index contributed by atoms with van der Waals surface area (Å²) in [5.41, 5.74) is 3.68. The normalized spacial score (nSPS) is 15.5. The standard InChI is InChI=1S/C21H29NO2/c1-17-9-5-7-11-19(17)12-8-6-10-18-13-15-22(16-14-18)20(23)24-21(2,3)4/h5-9,11,13H,10,12,14-16H2,1-4H3/b8-6+. The van der Waals surface area contributed by atoms with Gasteiger partial charge in [0.25, 0.3) is 0 Å². The van der Waals surface area contributed by atoms with E-state index in [2.05, 4.69) is 49.4 Å². The number of hydrogen-bond acceptors (Lipinski definition) is 2. The summed E-state index contributed by atoms with van der Waals surface area (Å²) >= 11 is 0. The molecule has 0 atom stereocenters. The van der Waals surface area contributed by atoms with Gasteiger partial charge in [-0.05, 0) is 58.1 Å². The summed E-state index contributed by atoms with van der Waals surface area (Å²) in [7, 11) is 0. The van der Waals surface area contributed by atoms with Gasteiger partial charge in [-0.1, -0.05) is 48.1 Å². The Morgan fingerprint density at radius 3 is 2.54 bits per heavy atom. The summed E-state index contributed by atoms with van der Waals surface area (Å²) in [6.45, 7) is 9.24. The average molecular weight is 327 g/mol. The molecular formula is C21H29NO2. The molecule has 3 heteroatoms. The number of nitrogens with zero attached hydrogens (tertiary/aromatic N) is 1. The highest BCUT2D eigenvalue weighted by Gasteiger charge is 2.23. The van der Waals surface area contributed by atoms with Crippen LogP contribution in [0.15, 0.2) is 48.1 Å². The quantitative estimate of drug-likeness (QED) is 0.724. The van der Waals surface area contributed by atoms with Crippen LogP contribution in [0.2, 0.25) is 0 Å². The smallest absolute Gasteiger partial charge is 0.410 e. The van der Waals surface area contributed by atoms with Crippen LogP contribution < -0.4 is 0 Å². The first kappa shape index (κ1) is 18.3. The summed E-state index contributed by atoms with van der Waals surface area (Å²) in [5, 5.41) is 0. The Morgan fingerprint density at radius 2 is 1.92 bits per heavy atom. The Balaban J connectivity index is 1.78. The lowest BCUT2D eigenvalue weighted by Gasteiger charge is -2.29. The Morgan fingerprint density at radius 1 is 1.21 bits per heavy atom. The average Bonchev–Trinajstić information content (AvgIpc) is 2.52. The van der Waals surface area contributed by atoms with Crippen LogP contribution in [0.4, 0.5) is 4.79 Å². The van der Waals surface area contributed by atoms with Gasteiger partial charge in [-0.25, -0.2) is 4.79 Å². The molecule has 1 aliphatic rings. The minimum atomic E-state index is -0.431.